The number of carbonyl (C=O) groups excluding carboxylic acids is 2. The lowest BCUT2D eigenvalue weighted by Crippen LogP contribution is -2.48. The van der Waals surface area contributed by atoms with Gasteiger partial charge in [0.2, 0.25) is 5.91 Å². The van der Waals surface area contributed by atoms with Crippen LogP contribution in [0.3, 0.4) is 0 Å². The maximum atomic E-state index is 12.9. The van der Waals surface area contributed by atoms with Crippen molar-refractivity contribution < 1.29 is 14.0 Å². The van der Waals surface area contributed by atoms with Gasteiger partial charge in [0.05, 0.1) is 0 Å². The minimum Gasteiger partial charge on any atom is -0.352 e. The predicted octanol–water partition coefficient (Wildman–Crippen LogP) is 3.61. The van der Waals surface area contributed by atoms with Gasteiger partial charge in [0.25, 0.3) is 0 Å². The first-order valence-electron chi connectivity index (χ1n) is 9.94. The minimum absolute atomic E-state index is 0.0922. The van der Waals surface area contributed by atoms with Crippen LogP contribution in [0.25, 0.3) is 0 Å². The lowest BCUT2D eigenvalue weighted by Gasteiger charge is -2.33. The van der Waals surface area contributed by atoms with Gasteiger partial charge in [-0.1, -0.05) is 30.3 Å². The molecule has 0 spiro atoms. The molecule has 1 fully saturated rings. The van der Waals surface area contributed by atoms with E-state index in [0.717, 1.165) is 38.9 Å². The Morgan fingerprint density at radius 3 is 2.54 bits per heavy atom. The fourth-order valence-corrected chi connectivity index (χ4v) is 3.62. The number of piperidine rings is 1. The molecule has 0 aliphatic carbocycles. The molecule has 1 aliphatic heterocycles. The lowest BCUT2D eigenvalue weighted by molar-refractivity contribution is -0.122. The highest BCUT2D eigenvalue weighted by molar-refractivity contribution is 5.97. The number of nitrogens with zero attached hydrogens (tertiary/aromatic N) is 1. The Balaban J connectivity index is 1.39. The Hall–Kier alpha value is -2.53. The summed E-state index contributed by atoms with van der Waals surface area (Å²) in [6.45, 7) is 2.90. The van der Waals surface area contributed by atoms with Crippen molar-refractivity contribution in [2.45, 2.75) is 38.1 Å². The highest BCUT2D eigenvalue weighted by Crippen LogP contribution is 2.12. The van der Waals surface area contributed by atoms with E-state index in [9.17, 15) is 14.0 Å². The van der Waals surface area contributed by atoms with Crippen molar-refractivity contribution >= 4 is 11.7 Å². The molecular formula is C23H27FN2O2. The Bertz CT molecular complexity index is 777. The summed E-state index contributed by atoms with van der Waals surface area (Å²) in [5.74, 6) is -0.600. The Morgan fingerprint density at radius 1 is 1.04 bits per heavy atom. The molecule has 28 heavy (non-hydrogen) atoms. The molecule has 1 unspecified atom stereocenters. The second-order valence-electron chi connectivity index (χ2n) is 7.37. The van der Waals surface area contributed by atoms with Crippen LogP contribution in [0, 0.1) is 5.82 Å². The first-order valence-corrected chi connectivity index (χ1v) is 9.94. The predicted molar refractivity (Wildman–Crippen MR) is 108 cm³/mol. The van der Waals surface area contributed by atoms with Crippen molar-refractivity contribution in [3.63, 3.8) is 0 Å². The van der Waals surface area contributed by atoms with Gasteiger partial charge < -0.3 is 10.2 Å². The van der Waals surface area contributed by atoms with E-state index < -0.39 is 0 Å². The van der Waals surface area contributed by atoms with Crippen molar-refractivity contribution in [1.82, 2.24) is 10.2 Å². The van der Waals surface area contributed by atoms with E-state index in [-0.39, 0.29) is 36.4 Å². The van der Waals surface area contributed by atoms with Crippen LogP contribution in [-0.2, 0) is 11.2 Å². The molecule has 1 atom stereocenters. The van der Waals surface area contributed by atoms with Crippen molar-refractivity contribution in [3.8, 4) is 0 Å². The van der Waals surface area contributed by atoms with Crippen LogP contribution >= 0.6 is 0 Å². The van der Waals surface area contributed by atoms with Crippen LogP contribution in [0.1, 0.15) is 41.6 Å². The van der Waals surface area contributed by atoms with E-state index in [1.165, 1.54) is 29.8 Å². The van der Waals surface area contributed by atoms with Crippen molar-refractivity contribution in [2.75, 3.05) is 19.6 Å². The lowest BCUT2D eigenvalue weighted by atomic mass is 10.0. The van der Waals surface area contributed by atoms with E-state index in [0.29, 0.717) is 5.56 Å². The molecule has 2 aromatic carbocycles. The summed E-state index contributed by atoms with van der Waals surface area (Å²) >= 11 is 0. The smallest absolute Gasteiger partial charge is 0.220 e. The third kappa shape index (κ3) is 6.27. The zero-order chi connectivity index (χ0) is 19.8. The first kappa shape index (κ1) is 20.2. The topological polar surface area (TPSA) is 49.4 Å². The van der Waals surface area contributed by atoms with E-state index in [1.54, 1.807) is 0 Å². The maximum absolute atomic E-state index is 12.9. The molecule has 0 saturated carbocycles. The number of Topliss-reactive ketones (excluding diaryl/α,β-unsaturated/α-hetero) is 1. The number of hydrogen-bond donors (Lipinski definition) is 1. The number of carbonyl (C=O) groups is 2. The number of rotatable bonds is 8. The van der Waals surface area contributed by atoms with Crippen molar-refractivity contribution in [1.29, 1.82) is 0 Å². The molecule has 148 valence electrons. The largest absolute Gasteiger partial charge is 0.352 e. The normalized spacial score (nSPS) is 17.2. The molecular weight excluding hydrogens is 355 g/mol. The average molecular weight is 382 g/mol. The van der Waals surface area contributed by atoms with Gasteiger partial charge in [-0.05, 0) is 55.6 Å². The number of benzene rings is 2. The van der Waals surface area contributed by atoms with Crippen LogP contribution in [0.4, 0.5) is 4.39 Å². The van der Waals surface area contributed by atoms with Crippen LogP contribution in [0.15, 0.2) is 54.6 Å². The summed E-state index contributed by atoms with van der Waals surface area (Å²) in [6.07, 6.45) is 3.35. The fraction of sp³-hybridized carbons (Fsp3) is 0.391. The summed E-state index contributed by atoms with van der Waals surface area (Å²) in [5.41, 5.74) is 1.77. The Labute approximate surface area is 165 Å². The molecule has 1 amide bonds. The molecule has 3 rings (SSSR count). The van der Waals surface area contributed by atoms with E-state index in [4.69, 9.17) is 0 Å². The van der Waals surface area contributed by atoms with E-state index in [1.807, 2.05) is 6.07 Å². The summed E-state index contributed by atoms with van der Waals surface area (Å²) in [7, 11) is 0. The van der Waals surface area contributed by atoms with Crippen molar-refractivity contribution in [3.05, 3.63) is 71.5 Å². The van der Waals surface area contributed by atoms with Gasteiger partial charge in [0, 0.05) is 37.5 Å². The number of ketones is 1. The number of hydrogen-bond acceptors (Lipinski definition) is 3. The quantitative estimate of drug-likeness (QED) is 0.710. The van der Waals surface area contributed by atoms with E-state index >= 15 is 0 Å². The fourth-order valence-electron chi connectivity index (χ4n) is 3.62. The van der Waals surface area contributed by atoms with Gasteiger partial charge in [0.1, 0.15) is 5.82 Å². The molecule has 1 saturated heterocycles. The van der Waals surface area contributed by atoms with Gasteiger partial charge in [-0.25, -0.2) is 4.39 Å². The summed E-state index contributed by atoms with van der Waals surface area (Å²) in [4.78, 5) is 26.8. The second kappa shape index (κ2) is 10.1. The zero-order valence-electron chi connectivity index (χ0n) is 16.1. The van der Waals surface area contributed by atoms with Gasteiger partial charge in [-0.3, -0.25) is 9.59 Å². The monoisotopic (exact) mass is 382 g/mol. The Kier molecular flexibility index (Phi) is 7.31. The molecule has 1 N–H and O–H groups in total. The maximum Gasteiger partial charge on any atom is 0.220 e. The number of likely N-dealkylation sites (tertiary alicyclic amines) is 1. The van der Waals surface area contributed by atoms with Gasteiger partial charge in [-0.2, -0.15) is 0 Å². The number of amides is 1. The molecule has 4 nitrogen and oxygen atoms in total. The molecule has 1 heterocycles. The summed E-state index contributed by atoms with van der Waals surface area (Å²) in [5, 5.41) is 3.07. The summed E-state index contributed by atoms with van der Waals surface area (Å²) < 4.78 is 12.9. The molecule has 0 bridgehead atoms. The Morgan fingerprint density at radius 2 is 1.79 bits per heavy atom. The second-order valence-corrected chi connectivity index (χ2v) is 7.37. The van der Waals surface area contributed by atoms with Crippen LogP contribution in [0.2, 0.25) is 0 Å². The highest BCUT2D eigenvalue weighted by atomic mass is 19.1. The molecule has 1 aliphatic rings. The first-order chi connectivity index (χ1) is 13.6. The van der Waals surface area contributed by atoms with Gasteiger partial charge in [-0.15, -0.1) is 0 Å². The molecule has 2 aromatic rings. The van der Waals surface area contributed by atoms with Gasteiger partial charge >= 0.3 is 0 Å². The third-order valence-electron chi connectivity index (χ3n) is 5.18. The number of nitrogens with one attached hydrogen (secondary N) is 1. The van der Waals surface area contributed by atoms with Crippen LogP contribution in [0.5, 0.6) is 0 Å². The van der Waals surface area contributed by atoms with E-state index in [2.05, 4.69) is 34.5 Å². The highest BCUT2D eigenvalue weighted by Gasteiger charge is 2.21. The minimum atomic E-state index is -0.372. The van der Waals surface area contributed by atoms with Crippen LogP contribution < -0.4 is 5.32 Å². The molecule has 0 radical (unpaired) electrons. The SMILES string of the molecule is O=C(CCC(=O)c1ccc(F)cc1)NC1CCCN(CCc2ccccc2)C1. The summed E-state index contributed by atoms with van der Waals surface area (Å²) in [6, 6.07) is 16.0. The average Bonchev–Trinajstić information content (AvgIpc) is 2.72. The van der Waals surface area contributed by atoms with Crippen molar-refractivity contribution in [2.24, 2.45) is 0 Å². The number of halogens is 1. The van der Waals surface area contributed by atoms with Crippen LogP contribution in [-0.4, -0.2) is 42.3 Å². The molecule has 5 heteroatoms. The zero-order valence-corrected chi connectivity index (χ0v) is 16.1. The third-order valence-corrected chi connectivity index (χ3v) is 5.18. The van der Waals surface area contributed by atoms with Gasteiger partial charge in [0.15, 0.2) is 5.78 Å². The standard InChI is InChI=1S/C23H27FN2O2/c24-20-10-8-19(9-11-20)22(27)12-13-23(28)25-21-7-4-15-26(17-21)16-14-18-5-2-1-3-6-18/h1-3,5-6,8-11,21H,4,7,12-17H2,(H,25,28). The molecule has 0 aromatic heterocycles.